The van der Waals surface area contributed by atoms with Crippen molar-refractivity contribution in [2.45, 2.75) is 51.2 Å². The number of carbonyl (C=O) groups excluding carboxylic acids is 2. The third kappa shape index (κ3) is 8.11. The highest BCUT2D eigenvalue weighted by molar-refractivity contribution is 7.92. The average molecular weight is 632 g/mol. The summed E-state index contributed by atoms with van der Waals surface area (Å²) in [5.41, 5.74) is 1.86. The first kappa shape index (κ1) is 33.5. The molecular weight excluding hydrogens is 594 g/mol. The van der Waals surface area contributed by atoms with Crippen LogP contribution < -0.4 is 23.8 Å². The molecule has 0 spiro atoms. The van der Waals surface area contributed by atoms with E-state index < -0.39 is 28.5 Å². The number of nitrogens with one attached hydrogen (secondary N) is 1. The smallest absolute Gasteiger partial charge is 0.265 e. The van der Waals surface area contributed by atoms with Gasteiger partial charge in [-0.25, -0.2) is 8.42 Å². The Bertz CT molecular complexity index is 1550. The minimum Gasteiger partial charge on any atom is -0.495 e. The Morgan fingerprint density at radius 2 is 1.47 bits per heavy atom. The molecule has 1 N–H and O–H groups in total. The maximum atomic E-state index is 14.3. The van der Waals surface area contributed by atoms with Crippen LogP contribution in [0.1, 0.15) is 31.9 Å². The number of amides is 2. The Hall–Kier alpha value is -3.96. The van der Waals surface area contributed by atoms with Gasteiger partial charge in [-0.15, -0.1) is 0 Å². The summed E-state index contributed by atoms with van der Waals surface area (Å²) in [4.78, 5) is 28.4. The molecule has 0 fully saturated rings. The lowest BCUT2D eigenvalue weighted by Gasteiger charge is -2.32. The fraction of sp³-hybridized carbons (Fsp3) is 0.355. The quantitative estimate of drug-likeness (QED) is 0.288. The van der Waals surface area contributed by atoms with Crippen molar-refractivity contribution in [3.05, 3.63) is 76.8 Å². The van der Waals surface area contributed by atoms with Crippen LogP contribution >= 0.6 is 11.6 Å². The number of methoxy groups -OCH3 is 3. The lowest BCUT2D eigenvalue weighted by atomic mass is 10.1. The minimum atomic E-state index is -4.42. The number of halogens is 1. The highest BCUT2D eigenvalue weighted by Gasteiger charge is 2.34. The van der Waals surface area contributed by atoms with Crippen molar-refractivity contribution >= 4 is 39.1 Å². The summed E-state index contributed by atoms with van der Waals surface area (Å²) >= 11 is 6.30. The van der Waals surface area contributed by atoms with Crippen LogP contribution in [0, 0.1) is 6.92 Å². The molecule has 0 unspecified atom stereocenters. The highest BCUT2D eigenvalue weighted by atomic mass is 35.5. The van der Waals surface area contributed by atoms with Crippen molar-refractivity contribution in [3.8, 4) is 17.2 Å². The topological polar surface area (TPSA) is 114 Å². The minimum absolute atomic E-state index is 0.0488. The van der Waals surface area contributed by atoms with E-state index in [0.717, 1.165) is 15.4 Å². The molecule has 0 aliphatic rings. The molecule has 3 rings (SSSR count). The van der Waals surface area contributed by atoms with E-state index in [0.29, 0.717) is 5.75 Å². The summed E-state index contributed by atoms with van der Waals surface area (Å²) in [6, 6.07) is 15.1. The molecule has 0 radical (unpaired) electrons. The Balaban J connectivity index is 2.14. The van der Waals surface area contributed by atoms with E-state index in [1.165, 1.54) is 56.6 Å². The molecule has 10 nitrogen and oxygen atoms in total. The number of hydrogen-bond donors (Lipinski definition) is 1. The summed E-state index contributed by atoms with van der Waals surface area (Å²) < 4.78 is 45.5. The van der Waals surface area contributed by atoms with Gasteiger partial charge in [-0.3, -0.25) is 13.9 Å². The zero-order valence-electron chi connectivity index (χ0n) is 25.4. The molecule has 232 valence electrons. The molecular formula is C31H38ClN3O7S. The third-order valence-corrected chi connectivity index (χ3v) is 8.69. The normalized spacial score (nSPS) is 11.9. The van der Waals surface area contributed by atoms with Gasteiger partial charge < -0.3 is 24.4 Å². The van der Waals surface area contributed by atoms with E-state index in [-0.39, 0.29) is 45.6 Å². The lowest BCUT2D eigenvalue weighted by molar-refractivity contribution is -0.139. The monoisotopic (exact) mass is 631 g/mol. The molecule has 0 aromatic heterocycles. The van der Waals surface area contributed by atoms with Crippen molar-refractivity contribution in [1.29, 1.82) is 0 Å². The predicted octanol–water partition coefficient (Wildman–Crippen LogP) is 4.81. The van der Waals surface area contributed by atoms with Gasteiger partial charge in [0, 0.05) is 23.7 Å². The molecule has 3 aromatic carbocycles. The predicted molar refractivity (Wildman–Crippen MR) is 167 cm³/mol. The van der Waals surface area contributed by atoms with E-state index in [4.69, 9.17) is 25.8 Å². The molecule has 0 aliphatic heterocycles. The van der Waals surface area contributed by atoms with Crippen LogP contribution in [-0.4, -0.2) is 65.1 Å². The molecule has 0 saturated heterocycles. The van der Waals surface area contributed by atoms with E-state index >= 15 is 0 Å². The summed E-state index contributed by atoms with van der Waals surface area (Å²) in [6.07, 6.45) is 0. The molecule has 0 aliphatic carbocycles. The first-order valence-corrected chi connectivity index (χ1v) is 15.4. The number of nitrogens with zero attached hydrogens (tertiary/aromatic N) is 2. The van der Waals surface area contributed by atoms with Crippen LogP contribution in [0.5, 0.6) is 17.2 Å². The van der Waals surface area contributed by atoms with Crippen molar-refractivity contribution in [2.24, 2.45) is 0 Å². The summed E-state index contributed by atoms with van der Waals surface area (Å²) in [7, 11) is -0.207. The zero-order valence-corrected chi connectivity index (χ0v) is 27.0. The Kier molecular flexibility index (Phi) is 11.3. The Labute approximate surface area is 258 Å². The van der Waals surface area contributed by atoms with Crippen LogP contribution in [0.2, 0.25) is 5.02 Å². The fourth-order valence-electron chi connectivity index (χ4n) is 4.35. The number of rotatable bonds is 13. The zero-order chi connectivity index (χ0) is 31.9. The second-order valence-electron chi connectivity index (χ2n) is 10.2. The van der Waals surface area contributed by atoms with Gasteiger partial charge >= 0.3 is 0 Å². The van der Waals surface area contributed by atoms with Crippen LogP contribution in [0.15, 0.2) is 65.6 Å². The molecule has 12 heteroatoms. The standard InChI is InChI=1S/C31H38ClN3O7S/c1-20(2)33-31(37)22(4)34(18-23-10-8-21(3)9-11-23)30(36)19-35(26-16-24(32)12-14-27(26)40-5)43(38,39)25-13-15-28(41-6)29(17-25)42-7/h8-17,20,22H,18-19H2,1-7H3,(H,33,37)/t22-/m1/s1. The van der Waals surface area contributed by atoms with Gasteiger partial charge in [0.25, 0.3) is 10.0 Å². The van der Waals surface area contributed by atoms with Gasteiger partial charge in [-0.2, -0.15) is 0 Å². The molecule has 0 saturated carbocycles. The maximum absolute atomic E-state index is 14.3. The van der Waals surface area contributed by atoms with E-state index in [2.05, 4.69) is 5.32 Å². The number of carbonyl (C=O) groups is 2. The number of aryl methyl sites for hydroxylation is 1. The lowest BCUT2D eigenvalue weighted by Crippen LogP contribution is -2.52. The first-order valence-electron chi connectivity index (χ1n) is 13.6. The largest absolute Gasteiger partial charge is 0.495 e. The molecule has 0 heterocycles. The molecule has 2 amide bonds. The second kappa shape index (κ2) is 14.5. The van der Waals surface area contributed by atoms with Crippen molar-refractivity contribution in [2.75, 3.05) is 32.2 Å². The third-order valence-electron chi connectivity index (χ3n) is 6.70. The summed E-state index contributed by atoms with van der Waals surface area (Å²) in [6.45, 7) is 6.61. The van der Waals surface area contributed by atoms with E-state index in [1.807, 2.05) is 45.0 Å². The van der Waals surface area contributed by atoms with Crippen molar-refractivity contribution in [1.82, 2.24) is 10.2 Å². The van der Waals surface area contributed by atoms with Crippen molar-refractivity contribution in [3.63, 3.8) is 0 Å². The summed E-state index contributed by atoms with van der Waals surface area (Å²) in [5, 5.41) is 3.07. The van der Waals surface area contributed by atoms with E-state index in [9.17, 15) is 18.0 Å². The van der Waals surface area contributed by atoms with Crippen LogP contribution in [0.3, 0.4) is 0 Å². The number of anilines is 1. The van der Waals surface area contributed by atoms with Crippen LogP contribution in [-0.2, 0) is 26.2 Å². The molecule has 1 atom stereocenters. The molecule has 3 aromatic rings. The second-order valence-corrected chi connectivity index (χ2v) is 12.5. The number of hydrogen-bond acceptors (Lipinski definition) is 7. The molecule has 0 bridgehead atoms. The number of ether oxygens (including phenoxy) is 3. The van der Waals surface area contributed by atoms with Gasteiger partial charge in [0.2, 0.25) is 11.8 Å². The van der Waals surface area contributed by atoms with Crippen molar-refractivity contribution < 1.29 is 32.2 Å². The fourth-order valence-corrected chi connectivity index (χ4v) is 5.95. The van der Waals surface area contributed by atoms with Gasteiger partial charge in [0.05, 0.1) is 31.9 Å². The Morgan fingerprint density at radius 3 is 2.05 bits per heavy atom. The van der Waals surface area contributed by atoms with E-state index in [1.54, 1.807) is 13.0 Å². The van der Waals surface area contributed by atoms with Gasteiger partial charge in [-0.05, 0) is 63.6 Å². The van der Waals surface area contributed by atoms with Gasteiger partial charge in [-0.1, -0.05) is 41.4 Å². The Morgan fingerprint density at radius 1 is 0.860 bits per heavy atom. The SMILES string of the molecule is COc1ccc(S(=O)(=O)N(CC(=O)N(Cc2ccc(C)cc2)[C@H](C)C(=O)NC(C)C)c2cc(Cl)ccc2OC)cc1OC. The first-order chi connectivity index (χ1) is 20.3. The maximum Gasteiger partial charge on any atom is 0.265 e. The molecule has 43 heavy (non-hydrogen) atoms. The van der Waals surface area contributed by atoms with Crippen LogP contribution in [0.25, 0.3) is 0 Å². The van der Waals surface area contributed by atoms with Crippen LogP contribution in [0.4, 0.5) is 5.69 Å². The number of sulfonamides is 1. The number of benzene rings is 3. The summed E-state index contributed by atoms with van der Waals surface area (Å²) in [5.74, 6) is -0.286. The average Bonchev–Trinajstić information content (AvgIpc) is 2.98. The highest BCUT2D eigenvalue weighted by Crippen LogP contribution is 2.37. The van der Waals surface area contributed by atoms with Gasteiger partial charge in [0.1, 0.15) is 18.3 Å². The van der Waals surface area contributed by atoms with Gasteiger partial charge in [0.15, 0.2) is 11.5 Å².